The van der Waals surface area contributed by atoms with E-state index in [0.29, 0.717) is 28.3 Å². The fourth-order valence-corrected chi connectivity index (χ4v) is 7.20. The number of nitrogens with zero attached hydrogens (tertiary/aromatic N) is 3. The number of hydrogen-bond donors (Lipinski definition) is 1. The van der Waals surface area contributed by atoms with Crippen molar-refractivity contribution in [1.82, 2.24) is 14.1 Å². The molecule has 172 valence electrons. The van der Waals surface area contributed by atoms with E-state index in [1.165, 1.54) is 17.7 Å². The topological polar surface area (TPSA) is 58.4 Å². The number of aromatic nitrogens is 2. The van der Waals surface area contributed by atoms with Crippen molar-refractivity contribution in [3.63, 3.8) is 0 Å². The summed E-state index contributed by atoms with van der Waals surface area (Å²) in [5.74, 6) is -0.484. The Morgan fingerprint density at radius 1 is 1.38 bits per heavy atom. The molecule has 5 nitrogen and oxygen atoms in total. The molecule has 0 saturated carbocycles. The monoisotopic (exact) mass is 457 g/mol. The van der Waals surface area contributed by atoms with E-state index in [1.807, 2.05) is 4.68 Å². The normalized spacial score (nSPS) is 25.1. The summed E-state index contributed by atoms with van der Waals surface area (Å²) in [5, 5.41) is 17.6. The zero-order chi connectivity index (χ0) is 23.0. The number of rotatable bonds is 6. The van der Waals surface area contributed by atoms with Gasteiger partial charge in [0.25, 0.3) is 0 Å². The van der Waals surface area contributed by atoms with Gasteiger partial charge in [-0.15, -0.1) is 10.7 Å². The minimum Gasteiger partial charge on any atom is -0.481 e. The van der Waals surface area contributed by atoms with E-state index in [4.69, 9.17) is 5.10 Å². The van der Waals surface area contributed by atoms with Gasteiger partial charge in [-0.05, 0) is 55.7 Å². The fraction of sp³-hybridized carbons (Fsp3) is 0.480. The molecule has 0 radical (unpaired) electrons. The second-order valence-corrected chi connectivity index (χ2v) is 11.4. The molecule has 2 unspecified atom stereocenters. The quantitative estimate of drug-likeness (QED) is 0.605. The highest BCUT2D eigenvalue weighted by atomic mass is 32.2. The first-order chi connectivity index (χ1) is 15.3. The van der Waals surface area contributed by atoms with Crippen LogP contribution in [0.25, 0.3) is 10.9 Å². The van der Waals surface area contributed by atoms with Gasteiger partial charge >= 0.3 is 5.97 Å². The lowest BCUT2D eigenvalue weighted by molar-refractivity contribution is -0.136. The molecule has 2 heterocycles. The number of fused-ring (bicyclic) bond motifs is 1. The minimum atomic E-state index is -0.927. The molecular formula is C25H32FN3O2S. The lowest BCUT2D eigenvalue weighted by Gasteiger charge is -2.28. The highest BCUT2D eigenvalue weighted by molar-refractivity contribution is 8.13. The zero-order valence-corrected chi connectivity index (χ0v) is 20.0. The molecular weight excluding hydrogens is 425 g/mol. The van der Waals surface area contributed by atoms with Crippen molar-refractivity contribution in [3.05, 3.63) is 53.5 Å². The van der Waals surface area contributed by atoms with Crippen LogP contribution in [0.3, 0.4) is 0 Å². The Labute approximate surface area is 191 Å². The zero-order valence-electron chi connectivity index (χ0n) is 19.2. The summed E-state index contributed by atoms with van der Waals surface area (Å²) in [6, 6.07) is 4.61. The van der Waals surface area contributed by atoms with Crippen molar-refractivity contribution >= 4 is 32.9 Å². The van der Waals surface area contributed by atoms with Crippen LogP contribution >= 0.6 is 10.7 Å². The van der Waals surface area contributed by atoms with Crippen LogP contribution in [-0.4, -0.2) is 48.9 Å². The molecule has 2 aromatic rings. The summed E-state index contributed by atoms with van der Waals surface area (Å²) in [7, 11) is -0.0126. The van der Waals surface area contributed by atoms with E-state index in [9.17, 15) is 14.3 Å². The van der Waals surface area contributed by atoms with Gasteiger partial charge in [0, 0.05) is 23.7 Å². The Kier molecular flexibility index (Phi) is 6.67. The molecule has 1 fully saturated rings. The lowest BCUT2D eigenvalue weighted by Crippen LogP contribution is -2.23. The summed E-state index contributed by atoms with van der Waals surface area (Å²) in [6.07, 6.45) is 7.74. The molecule has 1 aliphatic carbocycles. The van der Waals surface area contributed by atoms with Crippen LogP contribution in [0, 0.1) is 17.7 Å². The van der Waals surface area contributed by atoms with Gasteiger partial charge < -0.3 is 5.11 Å². The van der Waals surface area contributed by atoms with E-state index < -0.39 is 5.97 Å². The van der Waals surface area contributed by atoms with Gasteiger partial charge in [-0.25, -0.2) is 4.39 Å². The molecule has 4 rings (SSSR count). The van der Waals surface area contributed by atoms with Crippen molar-refractivity contribution in [2.45, 2.75) is 51.8 Å². The molecule has 1 aromatic carbocycles. The van der Waals surface area contributed by atoms with Gasteiger partial charge in [0.1, 0.15) is 5.82 Å². The summed E-state index contributed by atoms with van der Waals surface area (Å²) in [4.78, 5) is 11.4. The van der Waals surface area contributed by atoms with E-state index in [2.05, 4.69) is 55.6 Å². The van der Waals surface area contributed by atoms with Gasteiger partial charge in [-0.3, -0.25) is 13.8 Å². The maximum Gasteiger partial charge on any atom is 0.309 e. The van der Waals surface area contributed by atoms with Gasteiger partial charge in [0.15, 0.2) is 0 Å². The van der Waals surface area contributed by atoms with E-state index in [1.54, 1.807) is 6.07 Å². The molecule has 32 heavy (non-hydrogen) atoms. The molecule has 2 aliphatic rings. The second kappa shape index (κ2) is 9.32. The van der Waals surface area contributed by atoms with Crippen LogP contribution in [0.4, 0.5) is 4.39 Å². The number of hydrogen-bond acceptors (Lipinski definition) is 3. The molecule has 0 spiro atoms. The number of aliphatic carboxylic acids is 1. The maximum atomic E-state index is 14.2. The summed E-state index contributed by atoms with van der Waals surface area (Å²) < 4.78 is 18.7. The fourth-order valence-electron chi connectivity index (χ4n) is 4.97. The average Bonchev–Trinajstić information content (AvgIpc) is 3.31. The predicted octanol–water partition coefficient (Wildman–Crippen LogP) is 5.21. The van der Waals surface area contributed by atoms with Gasteiger partial charge in [0.05, 0.1) is 23.7 Å². The highest BCUT2D eigenvalue weighted by Gasteiger charge is 2.39. The number of benzene rings is 1. The molecule has 1 aliphatic heterocycles. The molecule has 1 N–H and O–H groups in total. The number of carboxylic acid groups (broad SMARTS) is 1. The average molecular weight is 458 g/mol. The van der Waals surface area contributed by atoms with Crippen molar-refractivity contribution in [1.29, 1.82) is 0 Å². The second-order valence-electron chi connectivity index (χ2n) is 9.11. The predicted molar refractivity (Wildman–Crippen MR) is 131 cm³/mol. The Morgan fingerprint density at radius 2 is 2.16 bits per heavy atom. The number of carboxylic acids is 1. The van der Waals surface area contributed by atoms with Crippen molar-refractivity contribution < 1.29 is 14.3 Å². The van der Waals surface area contributed by atoms with Crippen molar-refractivity contribution in [2.24, 2.45) is 11.8 Å². The van der Waals surface area contributed by atoms with Crippen LogP contribution in [0.5, 0.6) is 0 Å². The first-order valence-corrected chi connectivity index (χ1v) is 12.6. The van der Waals surface area contributed by atoms with Crippen LogP contribution in [0.15, 0.2) is 42.0 Å². The highest BCUT2D eigenvalue weighted by Crippen LogP contribution is 2.43. The first kappa shape index (κ1) is 22.9. The Bertz CT molecular complexity index is 1120. The van der Waals surface area contributed by atoms with Crippen LogP contribution in [0.1, 0.15) is 45.9 Å². The first-order valence-electron chi connectivity index (χ1n) is 11.3. The number of carbonyl (C=O) groups is 1. The van der Waals surface area contributed by atoms with Crippen LogP contribution in [-0.2, 0) is 11.2 Å². The molecule has 1 aromatic heterocycles. The standard InChI is InChI=1S/C25H32FN3O2S/c1-5-32(19-9-6-17(4)7-10-19)28-14-21(16(2)3)24(15-28)29-23-12-18(26)8-11-20(23)22(27-29)13-25(30)31/h5-9,11-12,16,19,21,24H,10,13-15H2,1-4H3,(H,30,31)/t19?,21-,24-,32?/m0/s1. The lowest BCUT2D eigenvalue weighted by atomic mass is 9.91. The summed E-state index contributed by atoms with van der Waals surface area (Å²) >= 11 is 0. The third-order valence-corrected chi connectivity index (χ3v) is 8.98. The Morgan fingerprint density at radius 3 is 2.78 bits per heavy atom. The third kappa shape index (κ3) is 4.46. The Balaban J connectivity index is 1.71. The molecule has 1 saturated heterocycles. The van der Waals surface area contributed by atoms with E-state index in [0.717, 1.165) is 24.9 Å². The van der Waals surface area contributed by atoms with E-state index >= 15 is 0 Å². The van der Waals surface area contributed by atoms with E-state index in [-0.39, 0.29) is 28.9 Å². The SMILES string of the molecule is C/C=S(\C1C=CC(C)=CC1)N1C[C@@H](C(C)C)[C@@H](n2nc(CC(=O)O)c3ccc(F)cc32)C1. The van der Waals surface area contributed by atoms with Gasteiger partial charge in [0.2, 0.25) is 0 Å². The summed E-state index contributed by atoms with van der Waals surface area (Å²) in [5.41, 5.74) is 2.51. The minimum absolute atomic E-state index is 0.0126. The molecule has 0 amide bonds. The number of halogens is 1. The Hall–Kier alpha value is -2.25. The largest absolute Gasteiger partial charge is 0.481 e. The molecule has 7 heteroatoms. The molecule has 0 bridgehead atoms. The van der Waals surface area contributed by atoms with Gasteiger partial charge in [-0.2, -0.15) is 5.10 Å². The third-order valence-electron chi connectivity index (χ3n) is 6.63. The maximum absolute atomic E-state index is 14.2. The molecule has 4 atom stereocenters. The number of allylic oxidation sites excluding steroid dienone is 3. The van der Waals surface area contributed by atoms with Crippen molar-refractivity contribution in [3.8, 4) is 0 Å². The smallest absolute Gasteiger partial charge is 0.309 e. The van der Waals surface area contributed by atoms with Crippen LogP contribution in [0.2, 0.25) is 0 Å². The summed E-state index contributed by atoms with van der Waals surface area (Å²) in [6.45, 7) is 10.5. The van der Waals surface area contributed by atoms with Gasteiger partial charge in [-0.1, -0.05) is 37.6 Å². The van der Waals surface area contributed by atoms with Crippen molar-refractivity contribution in [2.75, 3.05) is 13.1 Å². The van der Waals surface area contributed by atoms with Crippen LogP contribution < -0.4 is 0 Å².